The molecule has 0 aromatic carbocycles. The van der Waals surface area contributed by atoms with E-state index in [2.05, 4.69) is 15.0 Å². The van der Waals surface area contributed by atoms with E-state index in [1.54, 1.807) is 11.5 Å². The van der Waals surface area contributed by atoms with Crippen molar-refractivity contribution in [2.45, 2.75) is 18.5 Å². The number of nitriles is 1. The van der Waals surface area contributed by atoms with Crippen molar-refractivity contribution in [3.05, 3.63) is 12.7 Å². The smallest absolute Gasteiger partial charge is 0.326 e. The normalized spacial score (nSPS) is 10.2. The molecule has 0 N–H and O–H groups in total. The highest BCUT2D eigenvalue weighted by atomic mass is 32.2. The summed E-state index contributed by atoms with van der Waals surface area (Å²) in [5, 5.41) is 11.1. The Morgan fingerprint density at radius 2 is 2.39 bits per heavy atom. The summed E-state index contributed by atoms with van der Waals surface area (Å²) in [4.78, 5) is 23.5. The Bertz CT molecular complexity index is 618. The first-order valence-corrected chi connectivity index (χ1v) is 5.95. The number of hydrogen-bond acceptors (Lipinski definition) is 7. The number of carbonyl (C=O) groups excluding carboxylic acids is 1. The quantitative estimate of drug-likeness (QED) is 0.351. The maximum absolute atomic E-state index is 11.4. The van der Waals surface area contributed by atoms with Crippen molar-refractivity contribution in [2.24, 2.45) is 0 Å². The summed E-state index contributed by atoms with van der Waals surface area (Å²) in [7, 11) is 0. The van der Waals surface area contributed by atoms with E-state index in [1.807, 2.05) is 5.40 Å². The van der Waals surface area contributed by atoms with Crippen molar-refractivity contribution in [1.82, 2.24) is 19.5 Å². The predicted molar refractivity (Wildman–Crippen MR) is 63.4 cm³/mol. The molecular formula is C10H9N5O2S. The van der Waals surface area contributed by atoms with E-state index in [0.717, 1.165) is 11.8 Å². The molecule has 0 unspecified atom stereocenters. The van der Waals surface area contributed by atoms with E-state index in [1.165, 1.54) is 12.7 Å². The highest BCUT2D eigenvalue weighted by Gasteiger charge is 2.12. The summed E-state index contributed by atoms with van der Waals surface area (Å²) >= 11 is 0.910. The van der Waals surface area contributed by atoms with Crippen LogP contribution in [0.15, 0.2) is 17.7 Å². The number of aromatic nitrogens is 4. The van der Waals surface area contributed by atoms with Gasteiger partial charge in [-0.2, -0.15) is 5.26 Å². The summed E-state index contributed by atoms with van der Waals surface area (Å²) < 4.78 is 6.42. The number of ether oxygens (including phenoxy) is 1. The molecule has 2 heterocycles. The van der Waals surface area contributed by atoms with Gasteiger partial charge in [0.25, 0.3) is 0 Å². The molecule has 0 radical (unpaired) electrons. The number of fused-ring (bicyclic) bond motifs is 1. The number of imidazole rings is 1. The second kappa shape index (κ2) is 5.46. The summed E-state index contributed by atoms with van der Waals surface area (Å²) in [5.41, 5.74) is 1.02. The number of thioether (sulfide) groups is 1. The monoisotopic (exact) mass is 263 g/mol. The molecule has 2 aromatic heterocycles. The van der Waals surface area contributed by atoms with Gasteiger partial charge in [-0.25, -0.2) is 15.0 Å². The molecule has 0 saturated heterocycles. The lowest BCUT2D eigenvalue weighted by Crippen LogP contribution is -2.13. The number of thiocyanates is 1. The zero-order valence-corrected chi connectivity index (χ0v) is 10.3. The molecule has 0 spiro atoms. The lowest BCUT2D eigenvalue weighted by atomic mass is 10.5. The fourth-order valence-electron chi connectivity index (χ4n) is 1.44. The molecule has 18 heavy (non-hydrogen) atoms. The zero-order valence-electron chi connectivity index (χ0n) is 9.53. The summed E-state index contributed by atoms with van der Waals surface area (Å²) in [6, 6.07) is 0. The third-order valence-electron chi connectivity index (χ3n) is 2.11. The van der Waals surface area contributed by atoms with Crippen molar-refractivity contribution in [2.75, 3.05) is 6.61 Å². The van der Waals surface area contributed by atoms with Crippen LogP contribution in [0, 0.1) is 10.7 Å². The molecular weight excluding hydrogens is 254 g/mol. The van der Waals surface area contributed by atoms with Crippen molar-refractivity contribution in [3.8, 4) is 5.40 Å². The number of rotatable bonds is 4. The number of hydrogen-bond donors (Lipinski definition) is 0. The van der Waals surface area contributed by atoms with Gasteiger partial charge in [-0.1, -0.05) is 0 Å². The zero-order chi connectivity index (χ0) is 13.0. The first-order valence-electron chi connectivity index (χ1n) is 5.13. The molecule has 0 bridgehead atoms. The van der Waals surface area contributed by atoms with Gasteiger partial charge >= 0.3 is 5.97 Å². The molecule has 0 aliphatic heterocycles. The van der Waals surface area contributed by atoms with Gasteiger partial charge in [0.05, 0.1) is 12.9 Å². The first kappa shape index (κ1) is 12.3. The van der Waals surface area contributed by atoms with Crippen molar-refractivity contribution in [1.29, 1.82) is 5.26 Å². The molecule has 7 nitrogen and oxygen atoms in total. The van der Waals surface area contributed by atoms with E-state index in [4.69, 9.17) is 10.00 Å². The highest BCUT2D eigenvalue weighted by Crippen LogP contribution is 2.21. The lowest BCUT2D eigenvalue weighted by molar-refractivity contribution is -0.143. The summed E-state index contributed by atoms with van der Waals surface area (Å²) in [6.45, 7) is 2.11. The lowest BCUT2D eigenvalue weighted by Gasteiger charge is -2.03. The average molecular weight is 263 g/mol. The Morgan fingerprint density at radius 1 is 1.56 bits per heavy atom. The van der Waals surface area contributed by atoms with Crippen LogP contribution in [-0.4, -0.2) is 32.1 Å². The van der Waals surface area contributed by atoms with Crippen LogP contribution in [0.2, 0.25) is 0 Å². The Morgan fingerprint density at radius 3 is 3.11 bits per heavy atom. The van der Waals surface area contributed by atoms with Gasteiger partial charge in [-0.3, -0.25) is 4.79 Å². The maximum Gasteiger partial charge on any atom is 0.326 e. The summed E-state index contributed by atoms with van der Waals surface area (Å²) in [6.07, 6.45) is 2.82. The van der Waals surface area contributed by atoms with Crippen molar-refractivity contribution in [3.63, 3.8) is 0 Å². The van der Waals surface area contributed by atoms with Crippen molar-refractivity contribution < 1.29 is 9.53 Å². The standard InChI is InChI=1S/C10H9N5O2S/c1-2-17-7(16)3-15-6-14-8-9(15)12-5-13-10(8)18-4-11/h5-6H,2-3H2,1H3. The molecule has 2 rings (SSSR count). The minimum absolute atomic E-state index is 0.0397. The SMILES string of the molecule is CCOC(=O)Cn1cnc2c(SC#N)ncnc21. The van der Waals surface area contributed by atoms with Crippen molar-refractivity contribution >= 4 is 28.9 Å². The molecule has 2 aromatic rings. The number of esters is 1. The fourth-order valence-corrected chi connectivity index (χ4v) is 1.87. The van der Waals surface area contributed by atoms with Crippen LogP contribution in [0.5, 0.6) is 0 Å². The largest absolute Gasteiger partial charge is 0.465 e. The molecule has 0 aliphatic rings. The van der Waals surface area contributed by atoms with E-state index in [-0.39, 0.29) is 12.5 Å². The van der Waals surface area contributed by atoms with Crippen LogP contribution >= 0.6 is 11.8 Å². The third-order valence-corrected chi connectivity index (χ3v) is 2.70. The van der Waals surface area contributed by atoms with Crippen LogP contribution in [0.25, 0.3) is 11.2 Å². The van der Waals surface area contributed by atoms with E-state index in [9.17, 15) is 4.79 Å². The van der Waals surface area contributed by atoms with Crippen LogP contribution in [0.3, 0.4) is 0 Å². The minimum atomic E-state index is -0.357. The Kier molecular flexibility index (Phi) is 3.74. The number of carbonyl (C=O) groups is 1. The second-order valence-corrected chi connectivity index (χ2v) is 4.00. The topological polar surface area (TPSA) is 93.7 Å². The van der Waals surface area contributed by atoms with Gasteiger partial charge in [0.2, 0.25) is 0 Å². The van der Waals surface area contributed by atoms with Gasteiger partial charge in [0.15, 0.2) is 5.65 Å². The molecule has 0 amide bonds. The molecule has 0 fully saturated rings. The predicted octanol–water partition coefficient (Wildman–Crippen LogP) is 0.963. The molecule has 8 heteroatoms. The number of nitrogens with zero attached hydrogens (tertiary/aromatic N) is 5. The van der Waals surface area contributed by atoms with Gasteiger partial charge in [0.1, 0.15) is 28.8 Å². The maximum atomic E-state index is 11.4. The Labute approximate surface area is 107 Å². The summed E-state index contributed by atoms with van der Waals surface area (Å²) in [5.74, 6) is -0.357. The van der Waals surface area contributed by atoms with Gasteiger partial charge < -0.3 is 9.30 Å². The first-order chi connectivity index (χ1) is 8.76. The van der Waals surface area contributed by atoms with Gasteiger partial charge in [0, 0.05) is 11.8 Å². The van der Waals surface area contributed by atoms with E-state index < -0.39 is 0 Å². The molecule has 0 atom stereocenters. The Hall–Kier alpha value is -2.14. The highest BCUT2D eigenvalue weighted by molar-refractivity contribution is 8.03. The fraction of sp³-hybridized carbons (Fsp3) is 0.300. The van der Waals surface area contributed by atoms with Crippen LogP contribution in [0.1, 0.15) is 6.92 Å². The molecule has 92 valence electrons. The molecule has 0 aliphatic carbocycles. The van der Waals surface area contributed by atoms with E-state index >= 15 is 0 Å². The third kappa shape index (κ3) is 2.41. The average Bonchev–Trinajstić information content (AvgIpc) is 2.74. The van der Waals surface area contributed by atoms with Crippen LogP contribution < -0.4 is 0 Å². The van der Waals surface area contributed by atoms with Crippen LogP contribution in [0.4, 0.5) is 0 Å². The Balaban J connectivity index is 2.34. The minimum Gasteiger partial charge on any atom is -0.465 e. The van der Waals surface area contributed by atoms with Gasteiger partial charge in [-0.15, -0.1) is 0 Å². The second-order valence-electron chi connectivity index (χ2n) is 3.22. The van der Waals surface area contributed by atoms with Gasteiger partial charge in [-0.05, 0) is 6.92 Å². The molecule has 0 saturated carbocycles. The van der Waals surface area contributed by atoms with Crippen LogP contribution in [-0.2, 0) is 16.1 Å². The van der Waals surface area contributed by atoms with E-state index in [0.29, 0.717) is 22.8 Å².